The third-order valence-electron chi connectivity index (χ3n) is 2.24. The highest BCUT2D eigenvalue weighted by molar-refractivity contribution is 7.80. The van der Waals surface area contributed by atoms with Gasteiger partial charge in [-0.2, -0.15) is 0 Å². The molecule has 1 rings (SSSR count). The van der Waals surface area contributed by atoms with Crippen molar-refractivity contribution < 1.29 is 14.7 Å². The molecule has 4 nitrogen and oxygen atoms in total. The highest BCUT2D eigenvalue weighted by Crippen LogP contribution is 2.20. The van der Waals surface area contributed by atoms with Crippen molar-refractivity contribution in [2.45, 2.75) is 18.2 Å². The molecule has 0 bridgehead atoms. The standard InChI is InChI=1S/C11H13NO3S/c1-6(4-10(13)14)11(15)7-2-3-9(16)8(12)5-7/h2-3,5-6,16H,4,12H2,1H3,(H,13,14). The monoisotopic (exact) mass is 239 g/mol. The highest BCUT2D eigenvalue weighted by atomic mass is 32.1. The number of anilines is 1. The number of benzene rings is 1. The van der Waals surface area contributed by atoms with Gasteiger partial charge < -0.3 is 10.8 Å². The van der Waals surface area contributed by atoms with Gasteiger partial charge in [0, 0.05) is 22.1 Å². The number of ketones is 1. The molecule has 16 heavy (non-hydrogen) atoms. The SMILES string of the molecule is CC(CC(=O)O)C(=O)c1ccc(S)c(N)c1. The molecule has 0 heterocycles. The van der Waals surface area contributed by atoms with Gasteiger partial charge in [0.2, 0.25) is 0 Å². The van der Waals surface area contributed by atoms with Gasteiger partial charge in [-0.15, -0.1) is 12.6 Å². The van der Waals surface area contributed by atoms with Gasteiger partial charge in [0.25, 0.3) is 0 Å². The van der Waals surface area contributed by atoms with Crippen LogP contribution in [0, 0.1) is 5.92 Å². The molecule has 1 aromatic carbocycles. The lowest BCUT2D eigenvalue weighted by Gasteiger charge is -2.08. The molecule has 1 atom stereocenters. The molecule has 1 aromatic rings. The van der Waals surface area contributed by atoms with Crippen LogP contribution in [-0.2, 0) is 4.79 Å². The largest absolute Gasteiger partial charge is 0.481 e. The minimum Gasteiger partial charge on any atom is -0.481 e. The minimum absolute atomic E-state index is 0.179. The van der Waals surface area contributed by atoms with E-state index < -0.39 is 11.9 Å². The summed E-state index contributed by atoms with van der Waals surface area (Å²) in [4.78, 5) is 22.9. The topological polar surface area (TPSA) is 80.4 Å². The van der Waals surface area contributed by atoms with Crippen molar-refractivity contribution in [3.8, 4) is 0 Å². The number of thiol groups is 1. The lowest BCUT2D eigenvalue weighted by Crippen LogP contribution is -2.15. The first-order valence-electron chi connectivity index (χ1n) is 4.76. The maximum atomic E-state index is 11.8. The Kier molecular flexibility index (Phi) is 3.95. The molecular weight excluding hydrogens is 226 g/mol. The molecule has 0 saturated carbocycles. The number of carbonyl (C=O) groups excluding carboxylic acids is 1. The van der Waals surface area contributed by atoms with Gasteiger partial charge in [-0.1, -0.05) is 13.0 Å². The quantitative estimate of drug-likeness (QED) is 0.425. The average molecular weight is 239 g/mol. The van der Waals surface area contributed by atoms with Crippen molar-refractivity contribution in [1.82, 2.24) is 0 Å². The van der Waals surface area contributed by atoms with Crippen LogP contribution in [0.5, 0.6) is 0 Å². The van der Waals surface area contributed by atoms with E-state index in [-0.39, 0.29) is 12.2 Å². The Morgan fingerprint density at radius 3 is 2.62 bits per heavy atom. The van der Waals surface area contributed by atoms with Crippen LogP contribution in [0.1, 0.15) is 23.7 Å². The predicted octanol–water partition coefficient (Wildman–Crippen LogP) is 1.85. The maximum absolute atomic E-state index is 11.8. The summed E-state index contributed by atoms with van der Waals surface area (Å²) in [5.74, 6) is -1.76. The second kappa shape index (κ2) is 5.03. The smallest absolute Gasteiger partial charge is 0.304 e. The van der Waals surface area contributed by atoms with E-state index in [1.165, 1.54) is 6.07 Å². The molecule has 0 radical (unpaired) electrons. The van der Waals surface area contributed by atoms with Gasteiger partial charge in [-0.3, -0.25) is 9.59 Å². The first-order valence-corrected chi connectivity index (χ1v) is 5.21. The van der Waals surface area contributed by atoms with Crippen LogP contribution in [0.2, 0.25) is 0 Å². The molecule has 0 aliphatic rings. The van der Waals surface area contributed by atoms with E-state index in [1.54, 1.807) is 19.1 Å². The summed E-state index contributed by atoms with van der Waals surface area (Å²) in [7, 11) is 0. The number of Topliss-reactive ketones (excluding diaryl/α,β-unsaturated/α-hetero) is 1. The van der Waals surface area contributed by atoms with Crippen LogP contribution in [0.3, 0.4) is 0 Å². The Bertz CT molecular complexity index is 431. The third kappa shape index (κ3) is 3.00. The van der Waals surface area contributed by atoms with Crippen LogP contribution < -0.4 is 5.73 Å². The summed E-state index contributed by atoms with van der Waals surface area (Å²) in [6.45, 7) is 1.58. The molecule has 3 N–H and O–H groups in total. The Hall–Kier alpha value is -1.49. The molecule has 0 fully saturated rings. The molecule has 0 aliphatic heterocycles. The lowest BCUT2D eigenvalue weighted by molar-refractivity contribution is -0.137. The third-order valence-corrected chi connectivity index (χ3v) is 2.65. The number of aliphatic carboxylic acids is 1. The number of nitrogens with two attached hydrogens (primary N) is 1. The Balaban J connectivity index is 2.88. The van der Waals surface area contributed by atoms with Crippen LogP contribution in [0.4, 0.5) is 5.69 Å². The fourth-order valence-corrected chi connectivity index (χ4v) is 1.49. The Labute approximate surface area is 98.9 Å². The second-order valence-corrected chi connectivity index (χ2v) is 4.12. The lowest BCUT2D eigenvalue weighted by atomic mass is 9.96. The summed E-state index contributed by atoms with van der Waals surface area (Å²) >= 11 is 4.09. The zero-order valence-electron chi connectivity index (χ0n) is 8.80. The van der Waals surface area contributed by atoms with E-state index in [2.05, 4.69) is 12.6 Å². The van der Waals surface area contributed by atoms with E-state index >= 15 is 0 Å². The number of nitrogen functional groups attached to an aromatic ring is 1. The van der Waals surface area contributed by atoms with Gasteiger partial charge in [0.1, 0.15) is 0 Å². The zero-order valence-corrected chi connectivity index (χ0v) is 9.70. The van der Waals surface area contributed by atoms with Gasteiger partial charge in [-0.05, 0) is 12.1 Å². The molecule has 0 aliphatic carbocycles. The number of hydrogen-bond donors (Lipinski definition) is 3. The fourth-order valence-electron chi connectivity index (χ4n) is 1.35. The summed E-state index contributed by atoms with van der Waals surface area (Å²) in [5, 5.41) is 8.59. The summed E-state index contributed by atoms with van der Waals surface area (Å²) < 4.78 is 0. The predicted molar refractivity (Wildman–Crippen MR) is 63.9 cm³/mol. The molecular formula is C11H13NO3S. The van der Waals surface area contributed by atoms with E-state index in [0.717, 1.165) is 0 Å². The van der Waals surface area contributed by atoms with Crippen molar-refractivity contribution in [3.05, 3.63) is 23.8 Å². The number of carboxylic acids is 1. The summed E-state index contributed by atoms with van der Waals surface area (Å²) in [6, 6.07) is 4.74. The first kappa shape index (κ1) is 12.6. The Morgan fingerprint density at radius 2 is 2.12 bits per heavy atom. The van der Waals surface area contributed by atoms with Gasteiger partial charge in [0.05, 0.1) is 6.42 Å². The normalized spacial score (nSPS) is 12.1. The van der Waals surface area contributed by atoms with E-state index in [1.807, 2.05) is 0 Å². The van der Waals surface area contributed by atoms with E-state index in [9.17, 15) is 9.59 Å². The first-order chi connectivity index (χ1) is 7.41. The van der Waals surface area contributed by atoms with Gasteiger partial charge in [0.15, 0.2) is 5.78 Å². The highest BCUT2D eigenvalue weighted by Gasteiger charge is 2.18. The van der Waals surface area contributed by atoms with Crippen LogP contribution in [0.25, 0.3) is 0 Å². The van der Waals surface area contributed by atoms with Gasteiger partial charge in [-0.25, -0.2) is 0 Å². The second-order valence-electron chi connectivity index (χ2n) is 3.64. The summed E-state index contributed by atoms with van der Waals surface area (Å²) in [6.07, 6.45) is -0.179. The van der Waals surface area contributed by atoms with Crippen LogP contribution in [0.15, 0.2) is 23.1 Å². The number of carboxylic acid groups (broad SMARTS) is 1. The van der Waals surface area contributed by atoms with Crippen molar-refractivity contribution in [1.29, 1.82) is 0 Å². The molecule has 86 valence electrons. The van der Waals surface area contributed by atoms with E-state index in [4.69, 9.17) is 10.8 Å². The number of carbonyl (C=O) groups is 2. The number of hydrogen-bond acceptors (Lipinski definition) is 4. The maximum Gasteiger partial charge on any atom is 0.304 e. The van der Waals surface area contributed by atoms with Crippen molar-refractivity contribution in [3.63, 3.8) is 0 Å². The average Bonchev–Trinajstić information content (AvgIpc) is 2.20. The van der Waals surface area contributed by atoms with E-state index in [0.29, 0.717) is 16.1 Å². The molecule has 5 heteroatoms. The minimum atomic E-state index is -0.986. The molecule has 0 aromatic heterocycles. The molecule has 0 spiro atoms. The summed E-state index contributed by atoms with van der Waals surface area (Å²) in [5.41, 5.74) is 6.45. The molecule has 1 unspecified atom stereocenters. The van der Waals surface area contributed by atoms with Crippen LogP contribution >= 0.6 is 12.6 Å². The molecule has 0 amide bonds. The van der Waals surface area contributed by atoms with Crippen molar-refractivity contribution >= 4 is 30.1 Å². The van der Waals surface area contributed by atoms with Crippen molar-refractivity contribution in [2.75, 3.05) is 5.73 Å². The number of rotatable bonds is 4. The van der Waals surface area contributed by atoms with Crippen LogP contribution in [-0.4, -0.2) is 16.9 Å². The fraction of sp³-hybridized carbons (Fsp3) is 0.273. The van der Waals surface area contributed by atoms with Crippen molar-refractivity contribution in [2.24, 2.45) is 5.92 Å². The van der Waals surface area contributed by atoms with Gasteiger partial charge >= 0.3 is 5.97 Å². The zero-order chi connectivity index (χ0) is 12.3. The molecule has 0 saturated heterocycles. The Morgan fingerprint density at radius 1 is 1.50 bits per heavy atom.